The fourth-order valence-electron chi connectivity index (χ4n) is 2.79. The molecule has 3 rings (SSSR count). The van der Waals surface area contributed by atoms with E-state index in [0.717, 1.165) is 24.1 Å². The minimum atomic E-state index is -0.439. The molecule has 1 fully saturated rings. The summed E-state index contributed by atoms with van der Waals surface area (Å²) in [6.45, 7) is 1.45. The quantitative estimate of drug-likeness (QED) is 0.892. The topological polar surface area (TPSA) is 72.6 Å². The molecule has 5 nitrogen and oxygen atoms in total. The van der Waals surface area contributed by atoms with Crippen molar-refractivity contribution < 1.29 is 14.3 Å². The van der Waals surface area contributed by atoms with E-state index in [4.69, 9.17) is 10.5 Å². The Balaban J connectivity index is 1.74. The molecule has 0 unspecified atom stereocenters. The van der Waals surface area contributed by atoms with Gasteiger partial charge in [-0.3, -0.25) is 9.59 Å². The molecule has 0 aromatic heterocycles. The Labute approximate surface area is 124 Å². The first-order chi connectivity index (χ1) is 10.2. The highest BCUT2D eigenvalue weighted by molar-refractivity contribution is 6.00. The van der Waals surface area contributed by atoms with E-state index in [1.165, 1.54) is 12.8 Å². The number of carbonyl (C=O) groups is 2. The van der Waals surface area contributed by atoms with Crippen molar-refractivity contribution in [1.82, 2.24) is 0 Å². The van der Waals surface area contributed by atoms with Gasteiger partial charge in [-0.15, -0.1) is 0 Å². The monoisotopic (exact) mass is 288 g/mol. The van der Waals surface area contributed by atoms with Crippen LogP contribution in [0.3, 0.4) is 0 Å². The predicted octanol–water partition coefficient (Wildman–Crippen LogP) is 1.49. The van der Waals surface area contributed by atoms with Crippen molar-refractivity contribution in [1.29, 1.82) is 0 Å². The van der Waals surface area contributed by atoms with Crippen molar-refractivity contribution in [3.8, 4) is 0 Å². The molecule has 1 saturated carbocycles. The molecular formula is C16H20N2O3. The van der Waals surface area contributed by atoms with Crippen molar-refractivity contribution >= 4 is 17.5 Å². The Morgan fingerprint density at radius 1 is 1.33 bits per heavy atom. The third kappa shape index (κ3) is 3.08. The summed E-state index contributed by atoms with van der Waals surface area (Å²) in [5.41, 5.74) is 7.61. The van der Waals surface area contributed by atoms with E-state index in [-0.39, 0.29) is 12.5 Å². The molecule has 112 valence electrons. The van der Waals surface area contributed by atoms with Crippen LogP contribution < -0.4 is 10.6 Å². The second-order valence-electron chi connectivity index (χ2n) is 5.77. The normalized spacial score (nSPS) is 17.4. The van der Waals surface area contributed by atoms with Crippen LogP contribution in [-0.4, -0.2) is 31.6 Å². The zero-order valence-corrected chi connectivity index (χ0v) is 12.0. The molecule has 1 aliphatic carbocycles. The van der Waals surface area contributed by atoms with Gasteiger partial charge in [0, 0.05) is 17.8 Å². The number of nitrogens with zero attached hydrogens (tertiary/aromatic N) is 1. The Kier molecular flexibility index (Phi) is 3.92. The van der Waals surface area contributed by atoms with Crippen molar-refractivity contribution in [2.45, 2.75) is 25.7 Å². The van der Waals surface area contributed by atoms with Crippen LogP contribution in [0.4, 0.5) is 5.69 Å². The van der Waals surface area contributed by atoms with Crippen LogP contribution in [0.5, 0.6) is 0 Å². The number of benzene rings is 1. The van der Waals surface area contributed by atoms with Crippen molar-refractivity contribution in [3.63, 3.8) is 0 Å². The van der Waals surface area contributed by atoms with Gasteiger partial charge < -0.3 is 15.4 Å². The Morgan fingerprint density at radius 2 is 2.14 bits per heavy atom. The van der Waals surface area contributed by atoms with Crippen LogP contribution in [0, 0.1) is 5.92 Å². The number of hydrogen-bond acceptors (Lipinski definition) is 3. The number of nitrogens with two attached hydrogens (primary N) is 1. The van der Waals surface area contributed by atoms with Crippen molar-refractivity contribution in [3.05, 3.63) is 29.3 Å². The maximum Gasteiger partial charge on any atom is 0.252 e. The lowest BCUT2D eigenvalue weighted by atomic mass is 9.96. The molecular weight excluding hydrogens is 268 g/mol. The third-order valence-electron chi connectivity index (χ3n) is 4.09. The highest BCUT2D eigenvalue weighted by Crippen LogP contribution is 2.31. The molecule has 0 atom stereocenters. The Bertz CT molecular complexity index is 567. The average molecular weight is 288 g/mol. The second-order valence-corrected chi connectivity index (χ2v) is 5.77. The molecule has 1 aromatic carbocycles. The van der Waals surface area contributed by atoms with Gasteiger partial charge >= 0.3 is 0 Å². The molecule has 2 aliphatic rings. The van der Waals surface area contributed by atoms with Crippen LogP contribution in [0.15, 0.2) is 18.2 Å². The number of amides is 2. The standard InChI is InChI=1S/C16H20N2O3/c17-16(20)13-3-1-5-14-12(13)4-2-8-18(14)15(19)10-21-9-11-6-7-11/h1,3,5,11H,2,4,6-10H2,(H2,17,20). The predicted molar refractivity (Wildman–Crippen MR) is 79.2 cm³/mol. The minimum Gasteiger partial charge on any atom is -0.371 e. The van der Waals surface area contributed by atoms with E-state index < -0.39 is 5.91 Å². The molecule has 0 saturated heterocycles. The summed E-state index contributed by atoms with van der Waals surface area (Å²) < 4.78 is 5.48. The summed E-state index contributed by atoms with van der Waals surface area (Å²) in [5, 5.41) is 0. The van der Waals surface area contributed by atoms with Gasteiger partial charge in [0.05, 0.1) is 6.61 Å². The number of hydrogen-bond donors (Lipinski definition) is 1. The zero-order chi connectivity index (χ0) is 14.8. The number of primary amides is 1. The number of ether oxygens (including phenoxy) is 1. The summed E-state index contributed by atoms with van der Waals surface area (Å²) in [6, 6.07) is 5.37. The number of anilines is 1. The first-order valence-corrected chi connectivity index (χ1v) is 7.46. The lowest BCUT2D eigenvalue weighted by Crippen LogP contribution is -2.38. The molecule has 2 N–H and O–H groups in total. The molecule has 1 heterocycles. The molecule has 0 radical (unpaired) electrons. The largest absolute Gasteiger partial charge is 0.371 e. The highest BCUT2D eigenvalue weighted by Gasteiger charge is 2.26. The Hall–Kier alpha value is -1.88. The van der Waals surface area contributed by atoms with E-state index >= 15 is 0 Å². The van der Waals surface area contributed by atoms with E-state index in [0.29, 0.717) is 24.6 Å². The van der Waals surface area contributed by atoms with Gasteiger partial charge in [-0.05, 0) is 49.3 Å². The van der Waals surface area contributed by atoms with Crippen LogP contribution in [0.2, 0.25) is 0 Å². The summed E-state index contributed by atoms with van der Waals surface area (Å²) >= 11 is 0. The molecule has 1 aromatic rings. The summed E-state index contributed by atoms with van der Waals surface area (Å²) in [6.07, 6.45) is 4.04. The lowest BCUT2D eigenvalue weighted by Gasteiger charge is -2.30. The lowest BCUT2D eigenvalue weighted by molar-refractivity contribution is -0.123. The smallest absolute Gasteiger partial charge is 0.252 e. The van der Waals surface area contributed by atoms with Crippen LogP contribution in [0.1, 0.15) is 35.2 Å². The second kappa shape index (κ2) is 5.85. The minimum absolute atomic E-state index is 0.0433. The maximum absolute atomic E-state index is 12.3. The number of fused-ring (bicyclic) bond motifs is 1. The van der Waals surface area contributed by atoms with Gasteiger partial charge in [0.1, 0.15) is 6.61 Å². The summed E-state index contributed by atoms with van der Waals surface area (Å²) in [5.74, 6) is 0.164. The van der Waals surface area contributed by atoms with Gasteiger partial charge in [0.25, 0.3) is 5.91 Å². The van der Waals surface area contributed by atoms with Crippen LogP contribution in [0.25, 0.3) is 0 Å². The Morgan fingerprint density at radius 3 is 2.86 bits per heavy atom. The van der Waals surface area contributed by atoms with Crippen LogP contribution >= 0.6 is 0 Å². The molecule has 21 heavy (non-hydrogen) atoms. The van der Waals surface area contributed by atoms with E-state index in [1.54, 1.807) is 17.0 Å². The van der Waals surface area contributed by atoms with Gasteiger partial charge in [-0.1, -0.05) is 6.07 Å². The maximum atomic E-state index is 12.3. The van der Waals surface area contributed by atoms with Crippen molar-refractivity contribution in [2.75, 3.05) is 24.7 Å². The molecule has 0 bridgehead atoms. The van der Waals surface area contributed by atoms with Crippen molar-refractivity contribution in [2.24, 2.45) is 11.7 Å². The van der Waals surface area contributed by atoms with Gasteiger partial charge in [-0.25, -0.2) is 0 Å². The van der Waals surface area contributed by atoms with Gasteiger partial charge in [0.15, 0.2) is 0 Å². The SMILES string of the molecule is NC(=O)c1cccc2c1CCCN2C(=O)COCC1CC1. The van der Waals surface area contributed by atoms with Gasteiger partial charge in [-0.2, -0.15) is 0 Å². The first kappa shape index (κ1) is 14.1. The fourth-order valence-corrected chi connectivity index (χ4v) is 2.79. The van der Waals surface area contributed by atoms with Crippen LogP contribution in [-0.2, 0) is 16.0 Å². The van der Waals surface area contributed by atoms with E-state index in [1.807, 2.05) is 6.07 Å². The molecule has 1 aliphatic heterocycles. The molecule has 5 heteroatoms. The molecule has 0 spiro atoms. The number of rotatable bonds is 5. The fraction of sp³-hybridized carbons (Fsp3) is 0.500. The zero-order valence-electron chi connectivity index (χ0n) is 12.0. The van der Waals surface area contributed by atoms with Gasteiger partial charge in [0.2, 0.25) is 5.91 Å². The first-order valence-electron chi connectivity index (χ1n) is 7.46. The highest BCUT2D eigenvalue weighted by atomic mass is 16.5. The summed E-state index contributed by atoms with van der Waals surface area (Å²) in [7, 11) is 0. The summed E-state index contributed by atoms with van der Waals surface area (Å²) in [4.78, 5) is 25.5. The third-order valence-corrected chi connectivity index (χ3v) is 4.09. The molecule has 2 amide bonds. The average Bonchev–Trinajstić information content (AvgIpc) is 3.30. The van der Waals surface area contributed by atoms with E-state index in [2.05, 4.69) is 0 Å². The van der Waals surface area contributed by atoms with E-state index in [9.17, 15) is 9.59 Å². The number of carbonyl (C=O) groups excluding carboxylic acids is 2.